The third kappa shape index (κ3) is 2.56. The van der Waals surface area contributed by atoms with Gasteiger partial charge in [0, 0.05) is 12.1 Å². The van der Waals surface area contributed by atoms with Crippen LogP contribution in [-0.4, -0.2) is 31.2 Å². The molecule has 5 heteroatoms. The molecule has 0 bridgehead atoms. The fraction of sp³-hybridized carbons (Fsp3) is 0.455. The zero-order valence-electron chi connectivity index (χ0n) is 8.89. The van der Waals surface area contributed by atoms with E-state index in [4.69, 9.17) is 25.1 Å². The van der Waals surface area contributed by atoms with Crippen molar-refractivity contribution < 1.29 is 19.3 Å². The first-order valence-electron chi connectivity index (χ1n) is 5.18. The van der Waals surface area contributed by atoms with E-state index in [9.17, 15) is 0 Å². The van der Waals surface area contributed by atoms with Crippen molar-refractivity contribution in [2.45, 2.75) is 12.5 Å². The number of aliphatic hydroxyl groups excluding tert-OH is 1. The van der Waals surface area contributed by atoms with Gasteiger partial charge in [0.25, 0.3) is 0 Å². The van der Waals surface area contributed by atoms with Crippen molar-refractivity contribution in [1.82, 2.24) is 0 Å². The molecule has 1 unspecified atom stereocenters. The van der Waals surface area contributed by atoms with Crippen LogP contribution in [-0.2, 0) is 0 Å². The van der Waals surface area contributed by atoms with Gasteiger partial charge in [0.15, 0.2) is 11.5 Å². The minimum absolute atomic E-state index is 0.0233. The van der Waals surface area contributed by atoms with E-state index in [-0.39, 0.29) is 19.4 Å². The van der Waals surface area contributed by atoms with Crippen molar-refractivity contribution in [3.8, 4) is 17.2 Å². The summed E-state index contributed by atoms with van der Waals surface area (Å²) in [6.45, 7) is 0.708. The Balaban J connectivity index is 1.86. The van der Waals surface area contributed by atoms with E-state index in [1.54, 1.807) is 6.07 Å². The lowest BCUT2D eigenvalue weighted by Crippen LogP contribution is -2.26. The maximum atomic E-state index is 8.74. The van der Waals surface area contributed by atoms with Crippen LogP contribution in [0, 0.1) is 0 Å². The topological polar surface area (TPSA) is 73.9 Å². The summed E-state index contributed by atoms with van der Waals surface area (Å²) < 4.78 is 15.9. The fourth-order valence-electron chi connectivity index (χ4n) is 1.39. The Bertz CT molecular complexity index is 356. The van der Waals surface area contributed by atoms with E-state index in [1.165, 1.54) is 0 Å². The summed E-state index contributed by atoms with van der Waals surface area (Å²) in [5.41, 5.74) is 5.55. The van der Waals surface area contributed by atoms with Crippen LogP contribution in [0.4, 0.5) is 0 Å². The summed E-state index contributed by atoms with van der Waals surface area (Å²) in [4.78, 5) is 0. The lowest BCUT2D eigenvalue weighted by atomic mass is 10.2. The molecule has 0 aromatic heterocycles. The largest absolute Gasteiger partial charge is 0.493 e. The van der Waals surface area contributed by atoms with Crippen molar-refractivity contribution in [2.24, 2.45) is 5.73 Å². The molecule has 1 aromatic rings. The average Bonchev–Trinajstić information content (AvgIpc) is 2.76. The molecule has 5 nitrogen and oxygen atoms in total. The quantitative estimate of drug-likeness (QED) is 0.763. The molecule has 1 aromatic carbocycles. The van der Waals surface area contributed by atoms with Crippen molar-refractivity contribution in [3.05, 3.63) is 18.2 Å². The highest BCUT2D eigenvalue weighted by molar-refractivity contribution is 5.46. The highest BCUT2D eigenvalue weighted by atomic mass is 16.7. The van der Waals surface area contributed by atoms with Gasteiger partial charge >= 0.3 is 0 Å². The van der Waals surface area contributed by atoms with Crippen LogP contribution >= 0.6 is 0 Å². The molecule has 0 radical (unpaired) electrons. The molecular formula is C11H15NO4. The highest BCUT2D eigenvalue weighted by Crippen LogP contribution is 2.35. The van der Waals surface area contributed by atoms with Gasteiger partial charge in [-0.15, -0.1) is 0 Å². The third-order valence-corrected chi connectivity index (χ3v) is 2.34. The van der Waals surface area contributed by atoms with Gasteiger partial charge in [-0.2, -0.15) is 0 Å². The molecule has 88 valence electrons. The SMILES string of the molecule is NC(CO)CCOc1ccc2c(c1)OCO2. The molecule has 1 aliphatic heterocycles. The molecule has 1 heterocycles. The van der Waals surface area contributed by atoms with E-state index >= 15 is 0 Å². The van der Waals surface area contributed by atoms with E-state index in [2.05, 4.69) is 0 Å². The van der Waals surface area contributed by atoms with Gasteiger partial charge < -0.3 is 25.1 Å². The predicted octanol–water partition coefficient (Wildman–Crippen LogP) is 0.504. The molecule has 16 heavy (non-hydrogen) atoms. The van der Waals surface area contributed by atoms with Crippen molar-refractivity contribution in [1.29, 1.82) is 0 Å². The highest BCUT2D eigenvalue weighted by Gasteiger charge is 2.13. The number of hydrogen-bond donors (Lipinski definition) is 2. The first kappa shape index (κ1) is 11.0. The van der Waals surface area contributed by atoms with Gasteiger partial charge in [-0.3, -0.25) is 0 Å². The molecular weight excluding hydrogens is 210 g/mol. The standard InChI is InChI=1S/C11H15NO4/c12-8(6-13)3-4-14-9-1-2-10-11(5-9)16-7-15-10/h1-2,5,8,13H,3-4,6-7,12H2. The molecule has 0 saturated heterocycles. The minimum Gasteiger partial charge on any atom is -0.493 e. The van der Waals surface area contributed by atoms with Gasteiger partial charge in [-0.1, -0.05) is 0 Å². The van der Waals surface area contributed by atoms with Crippen LogP contribution in [0.5, 0.6) is 17.2 Å². The summed E-state index contributed by atoms with van der Waals surface area (Å²) in [7, 11) is 0. The third-order valence-electron chi connectivity index (χ3n) is 2.34. The Labute approximate surface area is 93.7 Å². The summed E-state index contributed by atoms with van der Waals surface area (Å²) in [5, 5.41) is 8.74. The van der Waals surface area contributed by atoms with Crippen LogP contribution in [0.3, 0.4) is 0 Å². The fourth-order valence-corrected chi connectivity index (χ4v) is 1.39. The van der Waals surface area contributed by atoms with Crippen molar-refractivity contribution in [2.75, 3.05) is 20.0 Å². The molecule has 0 saturated carbocycles. The average molecular weight is 225 g/mol. The zero-order valence-corrected chi connectivity index (χ0v) is 8.89. The van der Waals surface area contributed by atoms with Gasteiger partial charge in [0.1, 0.15) is 5.75 Å². The maximum Gasteiger partial charge on any atom is 0.231 e. The Hall–Kier alpha value is -1.46. The number of benzene rings is 1. The van der Waals surface area contributed by atoms with E-state index < -0.39 is 0 Å². The lowest BCUT2D eigenvalue weighted by molar-refractivity contribution is 0.173. The minimum atomic E-state index is -0.228. The Morgan fingerprint density at radius 3 is 3.00 bits per heavy atom. The summed E-state index contributed by atoms with van der Waals surface area (Å²) in [6.07, 6.45) is 0.616. The molecule has 0 amide bonds. The molecule has 0 aliphatic carbocycles. The van der Waals surface area contributed by atoms with Gasteiger partial charge in [-0.25, -0.2) is 0 Å². The molecule has 3 N–H and O–H groups in total. The van der Waals surface area contributed by atoms with Crippen molar-refractivity contribution >= 4 is 0 Å². The number of rotatable bonds is 5. The van der Waals surface area contributed by atoms with Gasteiger partial charge in [0.2, 0.25) is 6.79 Å². The zero-order chi connectivity index (χ0) is 11.4. The van der Waals surface area contributed by atoms with Crippen molar-refractivity contribution in [3.63, 3.8) is 0 Å². The second kappa shape index (κ2) is 5.05. The number of nitrogens with two attached hydrogens (primary N) is 1. The molecule has 0 spiro atoms. The van der Waals surface area contributed by atoms with Crippen LogP contribution in [0.15, 0.2) is 18.2 Å². The monoisotopic (exact) mass is 225 g/mol. The molecule has 1 aliphatic rings. The Morgan fingerprint density at radius 2 is 2.19 bits per heavy atom. The van der Waals surface area contributed by atoms with Crippen LogP contribution in [0.25, 0.3) is 0 Å². The Morgan fingerprint density at radius 1 is 1.38 bits per heavy atom. The first-order valence-corrected chi connectivity index (χ1v) is 5.18. The van der Waals surface area contributed by atoms with Gasteiger partial charge in [-0.05, 0) is 18.6 Å². The van der Waals surface area contributed by atoms with Crippen LogP contribution in [0.2, 0.25) is 0 Å². The Kier molecular flexibility index (Phi) is 3.48. The lowest BCUT2D eigenvalue weighted by Gasteiger charge is -2.09. The van der Waals surface area contributed by atoms with Crippen LogP contribution in [0.1, 0.15) is 6.42 Å². The predicted molar refractivity (Wildman–Crippen MR) is 57.7 cm³/mol. The first-order chi connectivity index (χ1) is 7.79. The van der Waals surface area contributed by atoms with E-state index in [0.717, 1.165) is 11.5 Å². The smallest absolute Gasteiger partial charge is 0.231 e. The van der Waals surface area contributed by atoms with E-state index in [1.807, 2.05) is 12.1 Å². The molecule has 1 atom stereocenters. The summed E-state index contributed by atoms with van der Waals surface area (Å²) in [6, 6.07) is 5.18. The summed E-state index contributed by atoms with van der Waals surface area (Å²) >= 11 is 0. The summed E-state index contributed by atoms with van der Waals surface area (Å²) in [5.74, 6) is 2.15. The second-order valence-corrected chi connectivity index (χ2v) is 3.59. The molecule has 0 fully saturated rings. The number of aliphatic hydroxyl groups is 1. The molecule has 2 rings (SSSR count). The maximum absolute atomic E-state index is 8.74. The normalized spacial score (nSPS) is 14.9. The van der Waals surface area contributed by atoms with Gasteiger partial charge in [0.05, 0.1) is 13.2 Å². The number of fused-ring (bicyclic) bond motifs is 1. The number of ether oxygens (including phenoxy) is 3. The second-order valence-electron chi connectivity index (χ2n) is 3.59. The van der Waals surface area contributed by atoms with E-state index in [0.29, 0.717) is 18.8 Å². The van der Waals surface area contributed by atoms with Crippen LogP contribution < -0.4 is 19.9 Å². The number of hydrogen-bond acceptors (Lipinski definition) is 5.